The number of benzene rings is 1. The minimum atomic E-state index is 0.466. The molecule has 2 nitrogen and oxygen atoms in total. The van der Waals surface area contributed by atoms with Gasteiger partial charge in [-0.2, -0.15) is 0 Å². The van der Waals surface area contributed by atoms with Crippen LogP contribution in [0.1, 0.15) is 23.6 Å². The van der Waals surface area contributed by atoms with E-state index in [1.807, 2.05) is 12.1 Å². The molecule has 15 heavy (non-hydrogen) atoms. The lowest BCUT2D eigenvalue weighted by Gasteiger charge is -2.13. The van der Waals surface area contributed by atoms with Crippen molar-refractivity contribution in [3.05, 3.63) is 42.0 Å². The minimum absolute atomic E-state index is 0.466. The Morgan fingerprint density at radius 1 is 1.60 bits per heavy atom. The second kappa shape index (κ2) is 4.49. The second-order valence-corrected chi connectivity index (χ2v) is 3.85. The Morgan fingerprint density at radius 2 is 2.47 bits per heavy atom. The average Bonchev–Trinajstić information content (AvgIpc) is 2.68. The van der Waals surface area contributed by atoms with Crippen molar-refractivity contribution in [3.8, 4) is 5.75 Å². The van der Waals surface area contributed by atoms with Gasteiger partial charge >= 0.3 is 0 Å². The molecule has 0 saturated heterocycles. The number of rotatable bonds is 4. The molecule has 2 heteroatoms. The third-order valence-electron chi connectivity index (χ3n) is 2.94. The molecule has 0 bridgehead atoms. The Bertz CT molecular complexity index is 360. The van der Waals surface area contributed by atoms with Gasteiger partial charge in [0.2, 0.25) is 0 Å². The lowest BCUT2D eigenvalue weighted by atomic mass is 10.1. The lowest BCUT2D eigenvalue weighted by molar-refractivity contribution is 0.413. The number of hydrogen-bond acceptors (Lipinski definition) is 2. The minimum Gasteiger partial charge on any atom is -0.497 e. The molecule has 1 N–H and O–H groups in total. The fraction of sp³-hybridized carbons (Fsp3) is 0.385. The van der Waals surface area contributed by atoms with Crippen molar-refractivity contribution in [3.63, 3.8) is 0 Å². The van der Waals surface area contributed by atoms with E-state index < -0.39 is 0 Å². The number of fused-ring (bicyclic) bond motifs is 1. The molecule has 0 saturated carbocycles. The fourth-order valence-corrected chi connectivity index (χ4v) is 2.14. The third-order valence-corrected chi connectivity index (χ3v) is 2.94. The van der Waals surface area contributed by atoms with E-state index in [4.69, 9.17) is 4.74 Å². The topological polar surface area (TPSA) is 21.3 Å². The van der Waals surface area contributed by atoms with Crippen LogP contribution in [0.25, 0.3) is 0 Å². The Labute approximate surface area is 91.0 Å². The zero-order valence-corrected chi connectivity index (χ0v) is 9.12. The highest BCUT2D eigenvalue weighted by molar-refractivity contribution is 5.40. The first-order valence-electron chi connectivity index (χ1n) is 5.36. The summed E-state index contributed by atoms with van der Waals surface area (Å²) in [6.07, 6.45) is 4.24. The molecule has 1 aromatic rings. The molecular formula is C13H17NO. The number of methoxy groups -OCH3 is 1. The van der Waals surface area contributed by atoms with Crippen LogP contribution in [-0.4, -0.2) is 13.7 Å². The zero-order valence-electron chi connectivity index (χ0n) is 9.12. The smallest absolute Gasteiger partial charge is 0.119 e. The van der Waals surface area contributed by atoms with Gasteiger partial charge < -0.3 is 10.1 Å². The SMILES string of the molecule is C=CCNC1CCc2ccc(OC)cc21. The first kappa shape index (κ1) is 10.2. The maximum Gasteiger partial charge on any atom is 0.119 e. The summed E-state index contributed by atoms with van der Waals surface area (Å²) >= 11 is 0. The predicted molar refractivity (Wildman–Crippen MR) is 62.3 cm³/mol. The number of hydrogen-bond donors (Lipinski definition) is 1. The highest BCUT2D eigenvalue weighted by Crippen LogP contribution is 2.33. The highest BCUT2D eigenvalue weighted by atomic mass is 16.5. The van der Waals surface area contributed by atoms with Gasteiger partial charge in [0.15, 0.2) is 0 Å². The van der Waals surface area contributed by atoms with Crippen molar-refractivity contribution >= 4 is 0 Å². The molecule has 0 amide bonds. The van der Waals surface area contributed by atoms with Crippen molar-refractivity contribution in [2.45, 2.75) is 18.9 Å². The molecule has 1 atom stereocenters. The summed E-state index contributed by atoms with van der Waals surface area (Å²) in [6.45, 7) is 4.59. The normalized spacial score (nSPS) is 18.6. The molecule has 1 aliphatic carbocycles. The van der Waals surface area contributed by atoms with Crippen LogP contribution in [0, 0.1) is 0 Å². The molecule has 0 aliphatic heterocycles. The standard InChI is InChI=1S/C13H17NO/c1-3-8-14-13-7-5-10-4-6-11(15-2)9-12(10)13/h3-4,6,9,13-14H,1,5,7-8H2,2H3. The van der Waals surface area contributed by atoms with Crippen LogP contribution in [0.2, 0.25) is 0 Å². The highest BCUT2D eigenvalue weighted by Gasteiger charge is 2.21. The molecule has 0 fully saturated rings. The van der Waals surface area contributed by atoms with Crippen LogP contribution in [0.5, 0.6) is 5.75 Å². The van der Waals surface area contributed by atoms with E-state index in [1.165, 1.54) is 17.5 Å². The first-order valence-corrected chi connectivity index (χ1v) is 5.36. The van der Waals surface area contributed by atoms with E-state index in [0.29, 0.717) is 6.04 Å². The first-order chi connectivity index (χ1) is 7.35. The molecule has 0 spiro atoms. The van der Waals surface area contributed by atoms with Crippen molar-refractivity contribution in [1.82, 2.24) is 5.32 Å². The van der Waals surface area contributed by atoms with E-state index in [0.717, 1.165) is 18.7 Å². The summed E-state index contributed by atoms with van der Waals surface area (Å²) in [5.41, 5.74) is 2.83. The van der Waals surface area contributed by atoms with Gasteiger partial charge in [0.1, 0.15) is 5.75 Å². The quantitative estimate of drug-likeness (QED) is 0.759. The lowest BCUT2D eigenvalue weighted by Crippen LogP contribution is -2.18. The molecule has 2 rings (SSSR count). The van der Waals surface area contributed by atoms with Crippen molar-refractivity contribution in [1.29, 1.82) is 0 Å². The van der Waals surface area contributed by atoms with Crippen LogP contribution < -0.4 is 10.1 Å². The predicted octanol–water partition coefficient (Wildman–Crippen LogP) is 2.46. The molecule has 1 aliphatic rings. The molecule has 80 valence electrons. The van der Waals surface area contributed by atoms with E-state index in [9.17, 15) is 0 Å². The van der Waals surface area contributed by atoms with Crippen molar-refractivity contribution in [2.75, 3.05) is 13.7 Å². The monoisotopic (exact) mass is 203 g/mol. The maximum absolute atomic E-state index is 5.24. The average molecular weight is 203 g/mol. The zero-order chi connectivity index (χ0) is 10.7. The van der Waals surface area contributed by atoms with Gasteiger partial charge in [-0.05, 0) is 36.1 Å². The van der Waals surface area contributed by atoms with Crippen LogP contribution >= 0.6 is 0 Å². The third kappa shape index (κ3) is 2.05. The summed E-state index contributed by atoms with van der Waals surface area (Å²) in [7, 11) is 1.71. The van der Waals surface area contributed by atoms with Crippen LogP contribution in [0.15, 0.2) is 30.9 Å². The number of ether oxygens (including phenoxy) is 1. The van der Waals surface area contributed by atoms with Gasteiger partial charge in [-0.1, -0.05) is 12.1 Å². The van der Waals surface area contributed by atoms with Gasteiger partial charge in [0.25, 0.3) is 0 Å². The summed E-state index contributed by atoms with van der Waals surface area (Å²) in [5.74, 6) is 0.945. The summed E-state index contributed by atoms with van der Waals surface area (Å²) < 4.78 is 5.24. The second-order valence-electron chi connectivity index (χ2n) is 3.85. The van der Waals surface area contributed by atoms with Crippen molar-refractivity contribution in [2.24, 2.45) is 0 Å². The Kier molecular flexibility index (Phi) is 3.07. The van der Waals surface area contributed by atoms with Gasteiger partial charge in [0.05, 0.1) is 7.11 Å². The molecule has 1 unspecified atom stereocenters. The van der Waals surface area contributed by atoms with E-state index in [2.05, 4.69) is 24.0 Å². The van der Waals surface area contributed by atoms with Gasteiger partial charge in [0, 0.05) is 12.6 Å². The Hall–Kier alpha value is -1.28. The molecule has 0 radical (unpaired) electrons. The van der Waals surface area contributed by atoms with E-state index >= 15 is 0 Å². The summed E-state index contributed by atoms with van der Waals surface area (Å²) in [5, 5.41) is 3.47. The number of nitrogens with one attached hydrogen (secondary N) is 1. The van der Waals surface area contributed by atoms with Crippen LogP contribution in [0.3, 0.4) is 0 Å². The fourth-order valence-electron chi connectivity index (χ4n) is 2.14. The van der Waals surface area contributed by atoms with Crippen LogP contribution in [0.4, 0.5) is 0 Å². The largest absolute Gasteiger partial charge is 0.497 e. The van der Waals surface area contributed by atoms with Gasteiger partial charge in [-0.25, -0.2) is 0 Å². The maximum atomic E-state index is 5.24. The number of aryl methyl sites for hydroxylation is 1. The molecule has 0 aromatic heterocycles. The molecule has 0 heterocycles. The molecular weight excluding hydrogens is 186 g/mol. The van der Waals surface area contributed by atoms with Gasteiger partial charge in [-0.15, -0.1) is 6.58 Å². The Balaban J connectivity index is 2.19. The van der Waals surface area contributed by atoms with E-state index in [-0.39, 0.29) is 0 Å². The Morgan fingerprint density at radius 3 is 3.20 bits per heavy atom. The summed E-state index contributed by atoms with van der Waals surface area (Å²) in [4.78, 5) is 0. The molecule has 1 aromatic carbocycles. The van der Waals surface area contributed by atoms with Crippen LogP contribution in [-0.2, 0) is 6.42 Å². The summed E-state index contributed by atoms with van der Waals surface area (Å²) in [6, 6.07) is 6.81. The van der Waals surface area contributed by atoms with Gasteiger partial charge in [-0.3, -0.25) is 0 Å². The van der Waals surface area contributed by atoms with E-state index in [1.54, 1.807) is 7.11 Å². The van der Waals surface area contributed by atoms with Crippen molar-refractivity contribution < 1.29 is 4.74 Å².